The Labute approximate surface area is 153 Å². The third kappa shape index (κ3) is 11.0. The van der Waals surface area contributed by atoms with Gasteiger partial charge in [-0.2, -0.15) is 0 Å². The molecule has 1 heterocycles. The van der Waals surface area contributed by atoms with Crippen molar-refractivity contribution in [2.75, 3.05) is 45.9 Å². The first kappa shape index (κ1) is 21.7. The quantitative estimate of drug-likeness (QED) is 0.340. The van der Waals surface area contributed by atoms with Gasteiger partial charge in [0.05, 0.1) is 0 Å². The molecule has 0 unspecified atom stereocenters. The molecule has 1 amide bonds. The fourth-order valence-corrected chi connectivity index (χ4v) is 2.77. The van der Waals surface area contributed by atoms with E-state index in [1.165, 1.54) is 6.42 Å². The van der Waals surface area contributed by atoms with Gasteiger partial charge < -0.3 is 20.3 Å². The van der Waals surface area contributed by atoms with Gasteiger partial charge in [0, 0.05) is 52.4 Å². The molecule has 25 heavy (non-hydrogen) atoms. The summed E-state index contributed by atoms with van der Waals surface area (Å²) < 4.78 is 5.59. The Bertz CT molecular complexity index is 386. The van der Waals surface area contributed by atoms with E-state index >= 15 is 0 Å². The molecule has 0 saturated carbocycles. The van der Waals surface area contributed by atoms with E-state index in [-0.39, 0.29) is 0 Å². The number of guanidine groups is 1. The van der Waals surface area contributed by atoms with Crippen molar-refractivity contribution in [1.82, 2.24) is 15.5 Å². The lowest BCUT2D eigenvalue weighted by Crippen LogP contribution is -2.38. The van der Waals surface area contributed by atoms with Crippen LogP contribution in [0.2, 0.25) is 0 Å². The third-order valence-corrected chi connectivity index (χ3v) is 4.08. The number of hydrogen-bond donors (Lipinski definition) is 2. The minimum Gasteiger partial charge on any atom is -0.381 e. The van der Waals surface area contributed by atoms with E-state index < -0.39 is 0 Å². The lowest BCUT2D eigenvalue weighted by atomic mass is 10.2. The first-order valence-electron chi connectivity index (χ1n) is 10.0. The average molecular weight is 355 g/mol. The van der Waals surface area contributed by atoms with Crippen LogP contribution < -0.4 is 10.6 Å². The van der Waals surface area contributed by atoms with Gasteiger partial charge in [-0.3, -0.25) is 9.79 Å². The van der Waals surface area contributed by atoms with E-state index in [0.717, 1.165) is 77.6 Å². The number of nitrogens with one attached hydrogen (secondary N) is 2. The summed E-state index contributed by atoms with van der Waals surface area (Å²) in [5.41, 5.74) is 0. The molecule has 0 aromatic carbocycles. The summed E-state index contributed by atoms with van der Waals surface area (Å²) in [5, 5.41) is 6.61. The van der Waals surface area contributed by atoms with Crippen LogP contribution in [0, 0.1) is 5.92 Å². The Morgan fingerprint density at radius 3 is 2.84 bits per heavy atom. The molecule has 0 aromatic heterocycles. The Kier molecular flexibility index (Phi) is 12.1. The molecular weight excluding hydrogens is 316 g/mol. The molecule has 1 aliphatic heterocycles. The van der Waals surface area contributed by atoms with Crippen molar-refractivity contribution in [3.05, 3.63) is 0 Å². The van der Waals surface area contributed by atoms with Crippen LogP contribution >= 0.6 is 0 Å². The molecule has 146 valence electrons. The third-order valence-electron chi connectivity index (χ3n) is 4.08. The van der Waals surface area contributed by atoms with Crippen molar-refractivity contribution in [3.63, 3.8) is 0 Å². The summed E-state index contributed by atoms with van der Waals surface area (Å²) in [6.07, 6.45) is 5.96. The molecule has 6 nitrogen and oxygen atoms in total. The fraction of sp³-hybridized carbons (Fsp3) is 0.895. The van der Waals surface area contributed by atoms with Gasteiger partial charge in [-0.1, -0.05) is 20.3 Å². The van der Waals surface area contributed by atoms with Crippen LogP contribution in [0.4, 0.5) is 0 Å². The molecule has 0 bridgehead atoms. The number of nitrogens with zero attached hydrogens (tertiary/aromatic N) is 2. The molecule has 1 rings (SSSR count). The smallest absolute Gasteiger partial charge is 0.222 e. The zero-order valence-corrected chi connectivity index (χ0v) is 16.5. The zero-order chi connectivity index (χ0) is 18.3. The van der Waals surface area contributed by atoms with Gasteiger partial charge in [-0.15, -0.1) is 0 Å². The number of amides is 1. The maximum atomic E-state index is 12.0. The fourth-order valence-electron chi connectivity index (χ4n) is 2.77. The Balaban J connectivity index is 2.19. The van der Waals surface area contributed by atoms with Gasteiger partial charge >= 0.3 is 0 Å². The highest BCUT2D eigenvalue weighted by atomic mass is 16.5. The molecule has 1 fully saturated rings. The Morgan fingerprint density at radius 2 is 2.08 bits per heavy atom. The second kappa shape index (κ2) is 13.9. The minimum atomic E-state index is 0.313. The number of carbonyl (C=O) groups excluding carboxylic acids is 1. The van der Waals surface area contributed by atoms with E-state index in [1.807, 2.05) is 4.90 Å². The van der Waals surface area contributed by atoms with Crippen molar-refractivity contribution in [1.29, 1.82) is 0 Å². The van der Waals surface area contributed by atoms with Crippen molar-refractivity contribution >= 4 is 11.9 Å². The summed E-state index contributed by atoms with van der Waals surface area (Å²) in [4.78, 5) is 18.6. The summed E-state index contributed by atoms with van der Waals surface area (Å²) in [6.45, 7) is 12.2. The molecule has 1 aliphatic rings. The van der Waals surface area contributed by atoms with E-state index in [1.54, 1.807) is 0 Å². The molecule has 0 radical (unpaired) electrons. The lowest BCUT2D eigenvalue weighted by Gasteiger charge is -2.20. The Morgan fingerprint density at radius 1 is 1.24 bits per heavy atom. The Hall–Kier alpha value is -1.30. The van der Waals surface area contributed by atoms with Gasteiger partial charge in [-0.25, -0.2) is 0 Å². The van der Waals surface area contributed by atoms with Gasteiger partial charge in [0.2, 0.25) is 5.91 Å². The van der Waals surface area contributed by atoms with E-state index in [2.05, 4.69) is 36.4 Å². The van der Waals surface area contributed by atoms with Crippen LogP contribution in [0.3, 0.4) is 0 Å². The summed E-state index contributed by atoms with van der Waals surface area (Å²) in [5.74, 6) is 1.75. The number of rotatable bonds is 11. The topological polar surface area (TPSA) is 66.0 Å². The predicted molar refractivity (Wildman–Crippen MR) is 104 cm³/mol. The molecule has 1 saturated heterocycles. The first-order valence-corrected chi connectivity index (χ1v) is 10.0. The summed E-state index contributed by atoms with van der Waals surface area (Å²) in [7, 11) is 0. The second-order valence-corrected chi connectivity index (χ2v) is 7.05. The predicted octanol–water partition coefficient (Wildman–Crippen LogP) is 2.40. The first-order chi connectivity index (χ1) is 12.1. The minimum absolute atomic E-state index is 0.313. The average Bonchev–Trinajstić information content (AvgIpc) is 2.78. The largest absolute Gasteiger partial charge is 0.381 e. The number of aliphatic imine (C=N–C) groups is 1. The number of likely N-dealkylation sites (tertiary alicyclic amines) is 1. The number of carbonyl (C=O) groups is 1. The van der Waals surface area contributed by atoms with E-state index in [4.69, 9.17) is 4.74 Å². The molecule has 2 N–H and O–H groups in total. The maximum absolute atomic E-state index is 12.0. The monoisotopic (exact) mass is 354 g/mol. The highest BCUT2D eigenvalue weighted by Gasteiger charge is 2.15. The van der Waals surface area contributed by atoms with Crippen molar-refractivity contribution in [3.8, 4) is 0 Å². The van der Waals surface area contributed by atoms with Gasteiger partial charge in [0.15, 0.2) is 5.96 Å². The molecule has 6 heteroatoms. The molecule has 0 aliphatic carbocycles. The molecule has 0 spiro atoms. The maximum Gasteiger partial charge on any atom is 0.222 e. The van der Waals surface area contributed by atoms with Crippen LogP contribution in [0.5, 0.6) is 0 Å². The second-order valence-electron chi connectivity index (χ2n) is 7.05. The van der Waals surface area contributed by atoms with E-state index in [9.17, 15) is 4.79 Å². The standard InChI is InChI=1S/C19H38N4O2/c1-4-20-19(22-12-9-15-25-16-17(2)3)21-11-8-14-23-13-7-5-6-10-18(23)24/h17H,4-16H2,1-3H3,(H2,20,21,22). The van der Waals surface area contributed by atoms with Crippen LogP contribution in [0.25, 0.3) is 0 Å². The number of ether oxygens (including phenoxy) is 1. The normalized spacial score (nSPS) is 16.2. The number of hydrogen-bond acceptors (Lipinski definition) is 3. The van der Waals surface area contributed by atoms with Crippen molar-refractivity contribution in [2.24, 2.45) is 10.9 Å². The zero-order valence-electron chi connectivity index (χ0n) is 16.5. The van der Waals surface area contributed by atoms with Crippen LogP contribution in [-0.4, -0.2) is 62.7 Å². The SMILES string of the molecule is CCNC(=NCCCN1CCCCCC1=O)NCCCOCC(C)C. The highest BCUT2D eigenvalue weighted by molar-refractivity contribution is 5.79. The molecular formula is C19H38N4O2. The van der Waals surface area contributed by atoms with E-state index in [0.29, 0.717) is 18.2 Å². The van der Waals surface area contributed by atoms with Gasteiger partial charge in [0.1, 0.15) is 0 Å². The molecule has 0 aromatic rings. The summed E-state index contributed by atoms with van der Waals surface area (Å²) in [6, 6.07) is 0. The van der Waals surface area contributed by atoms with Gasteiger partial charge in [0.25, 0.3) is 0 Å². The summed E-state index contributed by atoms with van der Waals surface area (Å²) >= 11 is 0. The van der Waals surface area contributed by atoms with Crippen LogP contribution in [0.1, 0.15) is 59.3 Å². The van der Waals surface area contributed by atoms with Gasteiger partial charge in [-0.05, 0) is 38.5 Å². The molecule has 0 atom stereocenters. The van der Waals surface area contributed by atoms with Crippen LogP contribution in [0.15, 0.2) is 4.99 Å². The van der Waals surface area contributed by atoms with Crippen molar-refractivity contribution < 1.29 is 9.53 Å². The highest BCUT2D eigenvalue weighted by Crippen LogP contribution is 2.11. The van der Waals surface area contributed by atoms with Crippen LogP contribution in [-0.2, 0) is 9.53 Å². The van der Waals surface area contributed by atoms with Crippen molar-refractivity contribution in [2.45, 2.75) is 59.3 Å². The lowest BCUT2D eigenvalue weighted by molar-refractivity contribution is -0.130.